The molecule has 30 heavy (non-hydrogen) atoms. The molecule has 3 aromatic rings. The van der Waals surface area contributed by atoms with Crippen LogP contribution in [-0.2, 0) is 23.2 Å². The van der Waals surface area contributed by atoms with E-state index in [1.807, 2.05) is 38.2 Å². The number of thioether (sulfide) groups is 1. The lowest BCUT2D eigenvalue weighted by Gasteiger charge is -2.07. The molecular weight excluding hydrogens is 492 g/mol. The van der Waals surface area contributed by atoms with Crippen molar-refractivity contribution in [1.82, 2.24) is 14.8 Å². The number of esters is 1. The molecular formula is C19H19BrN4O4S2. The van der Waals surface area contributed by atoms with Gasteiger partial charge in [-0.05, 0) is 37.3 Å². The van der Waals surface area contributed by atoms with Crippen LogP contribution >= 0.6 is 39.0 Å². The predicted octanol–water partition coefficient (Wildman–Crippen LogP) is 4.04. The average Bonchev–Trinajstić information content (AvgIpc) is 3.27. The minimum absolute atomic E-state index is 0.122. The molecule has 0 saturated carbocycles. The van der Waals surface area contributed by atoms with Gasteiger partial charge in [0.25, 0.3) is 0 Å². The van der Waals surface area contributed by atoms with Crippen LogP contribution in [0.25, 0.3) is 0 Å². The molecule has 1 aromatic carbocycles. The molecule has 0 bridgehead atoms. The van der Waals surface area contributed by atoms with Crippen molar-refractivity contribution in [3.8, 4) is 5.75 Å². The SMILES string of the molecule is COC(=O)c1cc(C)sc1NC(=O)CSc1nnc(COc2ccc(Br)cc2)n1C. The van der Waals surface area contributed by atoms with Crippen LogP contribution in [-0.4, -0.2) is 39.5 Å². The summed E-state index contributed by atoms with van der Waals surface area (Å²) < 4.78 is 13.2. The Labute approximate surface area is 190 Å². The summed E-state index contributed by atoms with van der Waals surface area (Å²) in [5, 5.41) is 12.1. The second-order valence-corrected chi connectivity index (χ2v) is 9.24. The summed E-state index contributed by atoms with van der Waals surface area (Å²) in [7, 11) is 3.13. The van der Waals surface area contributed by atoms with Gasteiger partial charge in [-0.25, -0.2) is 4.79 Å². The zero-order valence-corrected chi connectivity index (χ0v) is 19.7. The molecule has 0 unspecified atom stereocenters. The molecule has 0 atom stereocenters. The number of rotatable bonds is 8. The number of hydrogen-bond acceptors (Lipinski definition) is 8. The summed E-state index contributed by atoms with van der Waals surface area (Å²) in [5.74, 6) is 0.760. The summed E-state index contributed by atoms with van der Waals surface area (Å²) in [6, 6.07) is 9.20. The number of anilines is 1. The fourth-order valence-electron chi connectivity index (χ4n) is 2.44. The highest BCUT2D eigenvalue weighted by Gasteiger charge is 2.18. The van der Waals surface area contributed by atoms with Gasteiger partial charge in [0.2, 0.25) is 5.91 Å². The Morgan fingerprint density at radius 1 is 1.27 bits per heavy atom. The monoisotopic (exact) mass is 510 g/mol. The third-order valence-electron chi connectivity index (χ3n) is 3.95. The van der Waals surface area contributed by atoms with E-state index in [1.165, 1.54) is 30.2 Å². The van der Waals surface area contributed by atoms with Crippen molar-refractivity contribution in [3.63, 3.8) is 0 Å². The van der Waals surface area contributed by atoms with E-state index >= 15 is 0 Å². The van der Waals surface area contributed by atoms with E-state index in [9.17, 15) is 9.59 Å². The first-order valence-electron chi connectivity index (χ1n) is 8.75. The minimum Gasteiger partial charge on any atom is -0.486 e. The molecule has 0 spiro atoms. The lowest BCUT2D eigenvalue weighted by molar-refractivity contribution is -0.113. The van der Waals surface area contributed by atoms with Crippen LogP contribution in [0.15, 0.2) is 40.0 Å². The molecule has 0 aliphatic rings. The first-order chi connectivity index (χ1) is 14.4. The number of nitrogens with one attached hydrogen (secondary N) is 1. The number of benzene rings is 1. The van der Waals surface area contributed by atoms with Gasteiger partial charge in [0.15, 0.2) is 11.0 Å². The van der Waals surface area contributed by atoms with Crippen molar-refractivity contribution in [2.75, 3.05) is 18.2 Å². The lowest BCUT2D eigenvalue weighted by Crippen LogP contribution is -2.16. The molecule has 0 aliphatic carbocycles. The molecule has 2 aromatic heterocycles. The largest absolute Gasteiger partial charge is 0.486 e. The van der Waals surface area contributed by atoms with Crippen molar-refractivity contribution < 1.29 is 19.1 Å². The first-order valence-corrected chi connectivity index (χ1v) is 11.3. The Kier molecular flexibility index (Phi) is 7.51. The minimum atomic E-state index is -0.481. The molecule has 3 rings (SSSR count). The third-order valence-corrected chi connectivity index (χ3v) is 6.47. The van der Waals surface area contributed by atoms with Crippen LogP contribution in [0.3, 0.4) is 0 Å². The summed E-state index contributed by atoms with van der Waals surface area (Å²) in [4.78, 5) is 25.1. The molecule has 0 aliphatic heterocycles. The maximum absolute atomic E-state index is 12.4. The highest BCUT2D eigenvalue weighted by Crippen LogP contribution is 2.28. The van der Waals surface area contributed by atoms with E-state index in [-0.39, 0.29) is 18.3 Å². The maximum atomic E-state index is 12.4. The summed E-state index contributed by atoms with van der Waals surface area (Å²) in [6.07, 6.45) is 0. The van der Waals surface area contributed by atoms with Gasteiger partial charge in [-0.2, -0.15) is 0 Å². The topological polar surface area (TPSA) is 95.3 Å². The van der Waals surface area contributed by atoms with Crippen LogP contribution in [0.2, 0.25) is 0 Å². The van der Waals surface area contributed by atoms with E-state index in [4.69, 9.17) is 9.47 Å². The second-order valence-electron chi connectivity index (χ2n) is 6.13. The van der Waals surface area contributed by atoms with Crippen LogP contribution in [0, 0.1) is 6.92 Å². The smallest absolute Gasteiger partial charge is 0.340 e. The molecule has 0 radical (unpaired) electrons. The second kappa shape index (κ2) is 10.1. The number of halogens is 1. The molecule has 1 N–H and O–H groups in total. The number of hydrogen-bond donors (Lipinski definition) is 1. The quantitative estimate of drug-likeness (QED) is 0.360. The van der Waals surface area contributed by atoms with Gasteiger partial charge in [-0.3, -0.25) is 4.79 Å². The Bertz CT molecular complexity index is 1050. The van der Waals surface area contributed by atoms with E-state index in [0.29, 0.717) is 21.5 Å². The lowest BCUT2D eigenvalue weighted by atomic mass is 10.3. The van der Waals surface area contributed by atoms with Crippen molar-refractivity contribution in [2.45, 2.75) is 18.7 Å². The number of ether oxygens (including phenoxy) is 2. The Balaban J connectivity index is 1.55. The van der Waals surface area contributed by atoms with Crippen molar-refractivity contribution in [2.24, 2.45) is 7.05 Å². The standard InChI is InChI=1S/C19H19BrN4O4S2/c1-11-8-14(18(26)27-3)17(30-11)21-16(25)10-29-19-23-22-15(24(19)2)9-28-13-6-4-12(20)5-7-13/h4-8H,9-10H2,1-3H3,(H,21,25). The highest BCUT2D eigenvalue weighted by molar-refractivity contribution is 9.10. The number of nitrogens with zero attached hydrogens (tertiary/aromatic N) is 3. The van der Waals surface area contributed by atoms with Gasteiger partial charge in [0.05, 0.1) is 18.4 Å². The summed E-state index contributed by atoms with van der Waals surface area (Å²) >= 11 is 5.96. The number of carbonyl (C=O) groups excluding carboxylic acids is 2. The molecule has 1 amide bonds. The normalized spacial score (nSPS) is 10.7. The number of carbonyl (C=O) groups is 2. The van der Waals surface area contributed by atoms with Crippen molar-refractivity contribution in [3.05, 3.63) is 51.1 Å². The van der Waals surface area contributed by atoms with Gasteiger partial charge < -0.3 is 19.4 Å². The van der Waals surface area contributed by atoms with Gasteiger partial charge in [-0.15, -0.1) is 21.5 Å². The predicted molar refractivity (Wildman–Crippen MR) is 119 cm³/mol. The summed E-state index contributed by atoms with van der Waals surface area (Å²) in [5.41, 5.74) is 0.351. The van der Waals surface area contributed by atoms with Crippen LogP contribution in [0.5, 0.6) is 5.75 Å². The van der Waals surface area contributed by atoms with Crippen LogP contribution in [0.1, 0.15) is 21.1 Å². The maximum Gasteiger partial charge on any atom is 0.340 e. The van der Waals surface area contributed by atoms with Crippen molar-refractivity contribution in [1.29, 1.82) is 0 Å². The number of thiophene rings is 1. The Morgan fingerprint density at radius 2 is 2.00 bits per heavy atom. The van der Waals surface area contributed by atoms with Crippen LogP contribution in [0.4, 0.5) is 5.00 Å². The number of aromatic nitrogens is 3. The number of methoxy groups -OCH3 is 1. The molecule has 0 fully saturated rings. The summed E-state index contributed by atoms with van der Waals surface area (Å²) in [6.45, 7) is 2.12. The first kappa shape index (κ1) is 22.3. The van der Waals surface area contributed by atoms with Crippen molar-refractivity contribution >= 4 is 55.9 Å². The number of amides is 1. The van der Waals surface area contributed by atoms with E-state index in [1.54, 1.807) is 10.6 Å². The molecule has 11 heteroatoms. The Hall–Kier alpha value is -2.37. The van der Waals surface area contributed by atoms with Gasteiger partial charge in [-0.1, -0.05) is 27.7 Å². The fraction of sp³-hybridized carbons (Fsp3) is 0.263. The zero-order valence-electron chi connectivity index (χ0n) is 16.5. The van der Waals surface area contributed by atoms with E-state index in [2.05, 4.69) is 31.4 Å². The molecule has 2 heterocycles. The molecule has 0 saturated heterocycles. The van der Waals surface area contributed by atoms with E-state index < -0.39 is 5.97 Å². The fourth-order valence-corrected chi connectivity index (χ4v) is 4.35. The zero-order chi connectivity index (χ0) is 21.7. The Morgan fingerprint density at radius 3 is 2.70 bits per heavy atom. The van der Waals surface area contributed by atoms with Crippen LogP contribution < -0.4 is 10.1 Å². The third kappa shape index (κ3) is 5.61. The van der Waals surface area contributed by atoms with E-state index in [0.717, 1.165) is 15.1 Å². The number of aryl methyl sites for hydroxylation is 1. The molecule has 8 nitrogen and oxygen atoms in total. The van der Waals surface area contributed by atoms with Gasteiger partial charge >= 0.3 is 5.97 Å². The average molecular weight is 511 g/mol. The highest BCUT2D eigenvalue weighted by atomic mass is 79.9. The van der Waals surface area contributed by atoms with Gasteiger partial charge in [0.1, 0.15) is 17.4 Å². The molecule has 158 valence electrons. The van der Waals surface area contributed by atoms with Gasteiger partial charge in [0, 0.05) is 16.4 Å².